The number of aromatic nitrogens is 4. The molecule has 0 bridgehead atoms. The molecule has 0 atom stereocenters. The molecule has 0 amide bonds. The van der Waals surface area contributed by atoms with E-state index in [-0.39, 0.29) is 0 Å². The van der Waals surface area contributed by atoms with Gasteiger partial charge in [0.2, 0.25) is 0 Å². The van der Waals surface area contributed by atoms with Crippen LogP contribution in [-0.2, 0) is 13.1 Å². The maximum atomic E-state index is 5.03. The number of fused-ring (bicyclic) bond motifs is 6. The van der Waals surface area contributed by atoms with Gasteiger partial charge in [-0.15, -0.1) is 0 Å². The highest BCUT2D eigenvalue weighted by atomic mass is 15.1. The molecule has 38 heavy (non-hydrogen) atoms. The smallest absolute Gasteiger partial charge is 0.138 e. The van der Waals surface area contributed by atoms with E-state index in [9.17, 15) is 0 Å². The van der Waals surface area contributed by atoms with Crippen LogP contribution in [0.15, 0.2) is 122 Å². The van der Waals surface area contributed by atoms with Gasteiger partial charge in [0.15, 0.2) is 0 Å². The largest absolute Gasteiger partial charge is 0.363 e. The topological polar surface area (TPSA) is 57.7 Å². The number of aromatic amines is 1. The Kier molecular flexibility index (Phi) is 5.52. The molecule has 5 nitrogen and oxygen atoms in total. The summed E-state index contributed by atoms with van der Waals surface area (Å²) in [6, 6.07) is 38.0. The fraction of sp³-hybridized carbons (Fsp3) is 0.0606. The van der Waals surface area contributed by atoms with Crippen LogP contribution >= 0.6 is 0 Å². The van der Waals surface area contributed by atoms with E-state index in [1.165, 1.54) is 16.8 Å². The van der Waals surface area contributed by atoms with Crippen molar-refractivity contribution in [3.05, 3.63) is 133 Å². The third-order valence-corrected chi connectivity index (χ3v) is 7.01. The van der Waals surface area contributed by atoms with Crippen molar-refractivity contribution in [3.63, 3.8) is 0 Å². The van der Waals surface area contributed by atoms with E-state index >= 15 is 0 Å². The van der Waals surface area contributed by atoms with Crippen LogP contribution in [0.2, 0.25) is 0 Å². The molecule has 3 aromatic heterocycles. The quantitative estimate of drug-likeness (QED) is 0.244. The highest BCUT2D eigenvalue weighted by Gasteiger charge is 2.16. The average molecular weight is 492 g/mol. The van der Waals surface area contributed by atoms with Gasteiger partial charge in [-0.1, -0.05) is 60.7 Å². The minimum absolute atomic E-state index is 0.831. The zero-order valence-electron chi connectivity index (χ0n) is 20.8. The Bertz CT molecular complexity index is 1750. The van der Waals surface area contributed by atoms with Crippen molar-refractivity contribution in [2.24, 2.45) is 0 Å². The molecule has 0 saturated heterocycles. The fourth-order valence-corrected chi connectivity index (χ4v) is 5.16. The Morgan fingerprint density at radius 3 is 1.76 bits per heavy atom. The summed E-state index contributed by atoms with van der Waals surface area (Å²) in [4.78, 5) is 20.3. The normalized spacial score (nSPS) is 11.4. The molecule has 0 aliphatic rings. The highest BCUT2D eigenvalue weighted by molar-refractivity contribution is 6.21. The number of imidazole rings is 1. The third-order valence-electron chi connectivity index (χ3n) is 7.01. The molecule has 5 heteroatoms. The van der Waals surface area contributed by atoms with E-state index < -0.39 is 0 Å². The van der Waals surface area contributed by atoms with Crippen molar-refractivity contribution in [1.29, 1.82) is 0 Å². The van der Waals surface area contributed by atoms with E-state index in [1.54, 1.807) is 0 Å². The third kappa shape index (κ3) is 4.04. The fourth-order valence-electron chi connectivity index (χ4n) is 5.16. The van der Waals surface area contributed by atoms with Crippen LogP contribution in [0, 0.1) is 0 Å². The molecular formula is C33H25N5. The predicted octanol–water partition coefficient (Wildman–Crippen LogP) is 7.53. The number of hydrogen-bond acceptors (Lipinski definition) is 4. The van der Waals surface area contributed by atoms with Crippen molar-refractivity contribution in [1.82, 2.24) is 19.9 Å². The Hall–Kier alpha value is -5.03. The molecule has 1 N–H and O–H groups in total. The molecule has 182 valence electrons. The van der Waals surface area contributed by atoms with E-state index in [4.69, 9.17) is 4.98 Å². The van der Waals surface area contributed by atoms with Crippen molar-refractivity contribution >= 4 is 38.5 Å². The highest BCUT2D eigenvalue weighted by Crippen LogP contribution is 2.33. The first-order valence-electron chi connectivity index (χ1n) is 12.8. The molecule has 0 spiro atoms. The number of H-pyrrole nitrogens is 1. The second-order valence-corrected chi connectivity index (χ2v) is 9.48. The van der Waals surface area contributed by atoms with E-state index in [0.29, 0.717) is 0 Å². The Balaban J connectivity index is 1.28. The summed E-state index contributed by atoms with van der Waals surface area (Å²) in [5.74, 6) is 0.839. The maximum Gasteiger partial charge on any atom is 0.138 e. The van der Waals surface area contributed by atoms with Gasteiger partial charge in [0.25, 0.3) is 0 Å². The lowest BCUT2D eigenvalue weighted by molar-refractivity contribution is 0.800. The minimum atomic E-state index is 0.831. The minimum Gasteiger partial charge on any atom is -0.363 e. The van der Waals surface area contributed by atoms with E-state index in [2.05, 4.69) is 117 Å². The maximum absolute atomic E-state index is 5.03. The summed E-state index contributed by atoms with van der Waals surface area (Å²) < 4.78 is 0. The van der Waals surface area contributed by atoms with Gasteiger partial charge >= 0.3 is 0 Å². The zero-order valence-corrected chi connectivity index (χ0v) is 20.8. The van der Waals surface area contributed by atoms with Crippen LogP contribution in [0.4, 0.5) is 5.69 Å². The average Bonchev–Trinajstić information content (AvgIpc) is 3.44. The lowest BCUT2D eigenvalue weighted by Gasteiger charge is -2.25. The first-order valence-corrected chi connectivity index (χ1v) is 12.8. The predicted molar refractivity (Wildman–Crippen MR) is 155 cm³/mol. The van der Waals surface area contributed by atoms with Gasteiger partial charge in [0.1, 0.15) is 5.82 Å². The molecular weight excluding hydrogens is 466 g/mol. The zero-order chi connectivity index (χ0) is 25.3. The van der Waals surface area contributed by atoms with Gasteiger partial charge in [-0.25, -0.2) is 4.98 Å². The summed E-state index contributed by atoms with van der Waals surface area (Å²) in [5.41, 5.74) is 8.45. The number of benzene rings is 4. The number of pyridine rings is 2. The lowest BCUT2D eigenvalue weighted by atomic mass is 10.1. The van der Waals surface area contributed by atoms with Crippen molar-refractivity contribution in [2.45, 2.75) is 13.1 Å². The number of rotatable bonds is 6. The van der Waals surface area contributed by atoms with Gasteiger partial charge in [0.05, 0.1) is 22.1 Å². The van der Waals surface area contributed by atoms with Crippen molar-refractivity contribution < 1.29 is 0 Å². The van der Waals surface area contributed by atoms with Gasteiger partial charge in [-0.05, 0) is 59.7 Å². The van der Waals surface area contributed by atoms with Crippen LogP contribution in [0.25, 0.3) is 44.2 Å². The van der Waals surface area contributed by atoms with Gasteiger partial charge in [0, 0.05) is 47.5 Å². The lowest BCUT2D eigenvalue weighted by Crippen LogP contribution is -2.22. The first kappa shape index (κ1) is 22.2. The standard InChI is InChI=1S/C33H25N5/c1-3-9-23(10-4-1)21-38(22-24-11-5-2-6-12-24)26-17-15-25(16-18-26)33-36-31-27-13-7-19-34-29(27)30-28(32(31)37-33)14-8-20-35-30/h1-20H,21-22H2,(H,36,37). The molecule has 0 aliphatic heterocycles. The van der Waals surface area contributed by atoms with Crippen molar-refractivity contribution in [2.75, 3.05) is 4.90 Å². The van der Waals surface area contributed by atoms with Crippen LogP contribution in [0.5, 0.6) is 0 Å². The molecule has 7 rings (SSSR count). The second-order valence-electron chi connectivity index (χ2n) is 9.48. The van der Waals surface area contributed by atoms with Gasteiger partial charge in [-0.3, -0.25) is 9.97 Å². The van der Waals surface area contributed by atoms with Gasteiger partial charge in [-0.2, -0.15) is 0 Å². The summed E-state index contributed by atoms with van der Waals surface area (Å²) in [6.07, 6.45) is 3.63. The molecule has 0 saturated carbocycles. The second kappa shape index (κ2) is 9.45. The van der Waals surface area contributed by atoms with Crippen LogP contribution < -0.4 is 4.90 Å². The SMILES string of the molecule is c1ccc(CN(Cc2ccccc2)c2ccc(-c3nc4c5cccnc5c5ncccc5c4[nH]3)cc2)cc1. The Morgan fingerprint density at radius 2 is 1.13 bits per heavy atom. The number of anilines is 1. The van der Waals surface area contributed by atoms with Crippen LogP contribution in [-0.4, -0.2) is 19.9 Å². The Labute approximate surface area is 220 Å². The first-order chi connectivity index (χ1) is 18.8. The molecule has 0 aliphatic carbocycles. The molecule has 7 aromatic rings. The summed E-state index contributed by atoms with van der Waals surface area (Å²) in [6.45, 7) is 1.66. The van der Waals surface area contributed by atoms with E-state index in [0.717, 1.165) is 57.3 Å². The Morgan fingerprint density at radius 1 is 0.553 bits per heavy atom. The molecule has 0 fully saturated rings. The molecule has 0 unspecified atom stereocenters. The molecule has 4 aromatic carbocycles. The van der Waals surface area contributed by atoms with Crippen molar-refractivity contribution in [3.8, 4) is 11.4 Å². The van der Waals surface area contributed by atoms with Gasteiger partial charge < -0.3 is 9.88 Å². The number of nitrogens with one attached hydrogen (secondary N) is 1. The summed E-state index contributed by atoms with van der Waals surface area (Å²) in [5, 5.41) is 2.03. The van der Waals surface area contributed by atoms with E-state index in [1.807, 2.05) is 24.5 Å². The number of nitrogens with zero attached hydrogens (tertiary/aromatic N) is 4. The summed E-state index contributed by atoms with van der Waals surface area (Å²) in [7, 11) is 0. The monoisotopic (exact) mass is 491 g/mol. The molecule has 0 radical (unpaired) electrons. The summed E-state index contributed by atoms with van der Waals surface area (Å²) >= 11 is 0. The van der Waals surface area contributed by atoms with Crippen LogP contribution in [0.1, 0.15) is 11.1 Å². The van der Waals surface area contributed by atoms with Crippen LogP contribution in [0.3, 0.4) is 0 Å². The number of hydrogen-bond donors (Lipinski definition) is 1. The molecule has 3 heterocycles.